The van der Waals surface area contributed by atoms with Crippen LogP contribution in [0.4, 0.5) is 5.69 Å². The van der Waals surface area contributed by atoms with Crippen LogP contribution in [0.15, 0.2) is 23.4 Å². The van der Waals surface area contributed by atoms with Gasteiger partial charge >= 0.3 is 0 Å². The van der Waals surface area contributed by atoms with Crippen LogP contribution in [0.2, 0.25) is 0 Å². The molecule has 1 saturated carbocycles. The largest absolute Gasteiger partial charge is 0.328 e. The number of nitrogens with two attached hydrogens (primary N) is 1. The molecule has 1 amide bonds. The molecule has 1 aliphatic rings. The fourth-order valence-electron chi connectivity index (χ4n) is 2.38. The van der Waals surface area contributed by atoms with E-state index in [0.29, 0.717) is 12.1 Å². The Morgan fingerprint density at radius 1 is 1.32 bits per heavy atom. The number of nitrogens with one attached hydrogen (secondary N) is 1. The Labute approximate surface area is 143 Å². The average Bonchev–Trinajstić information content (AvgIpc) is 2.38. The lowest BCUT2D eigenvalue weighted by Crippen LogP contribution is -2.34. The molecule has 2 unspecified atom stereocenters. The van der Waals surface area contributed by atoms with Gasteiger partial charge < -0.3 is 11.1 Å². The molecule has 22 heavy (non-hydrogen) atoms. The Bertz CT molecular complexity index is 593. The van der Waals surface area contributed by atoms with E-state index in [1.54, 1.807) is 6.07 Å². The van der Waals surface area contributed by atoms with Crippen LogP contribution in [0, 0.1) is 5.92 Å². The van der Waals surface area contributed by atoms with Crippen LogP contribution in [0.3, 0.4) is 0 Å². The second kappa shape index (κ2) is 8.67. The fourth-order valence-corrected chi connectivity index (χ4v) is 2.94. The van der Waals surface area contributed by atoms with Gasteiger partial charge in [0, 0.05) is 18.2 Å². The Morgan fingerprint density at radius 2 is 2.00 bits per heavy atom. The first-order valence-electron chi connectivity index (χ1n) is 6.59. The number of hydrogen-bond acceptors (Lipinski definition) is 5. The van der Waals surface area contributed by atoms with E-state index in [0.717, 1.165) is 25.5 Å². The molecule has 3 N–H and O–H groups in total. The molecule has 0 radical (unpaired) electrons. The van der Waals surface area contributed by atoms with Crippen molar-refractivity contribution in [2.45, 2.75) is 36.8 Å². The SMILES string of the molecule is CS(=O)(=O)c1ccc(NC(=O)C2CCCC(N)C2)cn1.Cl.Cl. The summed E-state index contributed by atoms with van der Waals surface area (Å²) in [4.78, 5) is 15.9. The van der Waals surface area contributed by atoms with E-state index >= 15 is 0 Å². The highest BCUT2D eigenvalue weighted by molar-refractivity contribution is 7.90. The third-order valence-electron chi connectivity index (χ3n) is 3.47. The van der Waals surface area contributed by atoms with Crippen molar-refractivity contribution in [3.05, 3.63) is 18.3 Å². The first-order chi connectivity index (χ1) is 9.36. The Hall–Kier alpha value is -0.890. The molecule has 1 heterocycles. The molecule has 0 bridgehead atoms. The summed E-state index contributed by atoms with van der Waals surface area (Å²) in [6.07, 6.45) is 5.92. The van der Waals surface area contributed by atoms with Gasteiger partial charge in [-0.25, -0.2) is 13.4 Å². The fraction of sp³-hybridized carbons (Fsp3) is 0.538. The highest BCUT2D eigenvalue weighted by Gasteiger charge is 2.25. The lowest BCUT2D eigenvalue weighted by atomic mass is 9.85. The second-order valence-electron chi connectivity index (χ2n) is 5.27. The van der Waals surface area contributed by atoms with Crippen molar-refractivity contribution in [2.75, 3.05) is 11.6 Å². The minimum atomic E-state index is -3.32. The number of pyridine rings is 1. The normalized spacial score (nSPS) is 21.2. The molecule has 2 rings (SSSR count). The summed E-state index contributed by atoms with van der Waals surface area (Å²) < 4.78 is 22.6. The van der Waals surface area contributed by atoms with Crippen molar-refractivity contribution in [1.29, 1.82) is 0 Å². The zero-order valence-corrected chi connectivity index (χ0v) is 14.6. The van der Waals surface area contributed by atoms with Gasteiger partial charge in [-0.1, -0.05) is 6.42 Å². The van der Waals surface area contributed by atoms with Crippen LogP contribution in [0.25, 0.3) is 0 Å². The highest BCUT2D eigenvalue weighted by Crippen LogP contribution is 2.24. The van der Waals surface area contributed by atoms with Crippen LogP contribution >= 0.6 is 24.8 Å². The van der Waals surface area contributed by atoms with Crippen molar-refractivity contribution >= 4 is 46.2 Å². The van der Waals surface area contributed by atoms with E-state index < -0.39 is 9.84 Å². The van der Waals surface area contributed by atoms with Gasteiger partial charge in [0.2, 0.25) is 5.91 Å². The standard InChI is InChI=1S/C13H19N3O3S.2ClH/c1-20(18,19)12-6-5-11(8-15-12)16-13(17)9-3-2-4-10(14)7-9;;/h5-6,8-10H,2-4,7,14H2,1H3,(H,16,17);2*1H. The number of amides is 1. The number of sulfone groups is 1. The number of aromatic nitrogens is 1. The Balaban J connectivity index is 0.00000220. The molecular formula is C13H21Cl2N3O3S. The van der Waals surface area contributed by atoms with Gasteiger partial charge in [0.05, 0.1) is 11.9 Å². The minimum Gasteiger partial charge on any atom is -0.328 e. The quantitative estimate of drug-likeness (QED) is 0.845. The summed E-state index contributed by atoms with van der Waals surface area (Å²) in [5, 5.41) is 2.75. The van der Waals surface area contributed by atoms with Crippen molar-refractivity contribution in [3.63, 3.8) is 0 Å². The molecule has 1 aromatic rings. The summed E-state index contributed by atoms with van der Waals surface area (Å²) >= 11 is 0. The van der Waals surface area contributed by atoms with E-state index in [9.17, 15) is 13.2 Å². The lowest BCUT2D eigenvalue weighted by Gasteiger charge is -2.25. The van der Waals surface area contributed by atoms with Crippen LogP contribution in [-0.4, -0.2) is 31.6 Å². The maximum Gasteiger partial charge on any atom is 0.227 e. The molecule has 126 valence electrons. The molecule has 0 saturated heterocycles. The number of hydrogen-bond donors (Lipinski definition) is 2. The predicted molar refractivity (Wildman–Crippen MR) is 90.4 cm³/mol. The predicted octanol–water partition coefficient (Wildman–Crippen LogP) is 1.78. The molecule has 1 aromatic heterocycles. The third kappa shape index (κ3) is 5.72. The van der Waals surface area contributed by atoms with Gasteiger partial charge in [-0.15, -0.1) is 24.8 Å². The third-order valence-corrected chi connectivity index (χ3v) is 4.47. The maximum absolute atomic E-state index is 12.1. The van der Waals surface area contributed by atoms with Crippen molar-refractivity contribution in [2.24, 2.45) is 11.7 Å². The lowest BCUT2D eigenvalue weighted by molar-refractivity contribution is -0.120. The number of anilines is 1. The Kier molecular flexibility index (Phi) is 8.32. The highest BCUT2D eigenvalue weighted by atomic mass is 35.5. The first kappa shape index (κ1) is 21.1. The van der Waals surface area contributed by atoms with Gasteiger partial charge in [-0.05, 0) is 31.4 Å². The summed E-state index contributed by atoms with van der Waals surface area (Å²) in [7, 11) is -3.32. The van der Waals surface area contributed by atoms with Crippen molar-refractivity contribution in [1.82, 2.24) is 4.98 Å². The smallest absolute Gasteiger partial charge is 0.227 e. The first-order valence-corrected chi connectivity index (χ1v) is 8.48. The van der Waals surface area contributed by atoms with E-state index in [4.69, 9.17) is 5.73 Å². The maximum atomic E-state index is 12.1. The van der Waals surface area contributed by atoms with E-state index in [1.165, 1.54) is 12.3 Å². The van der Waals surface area contributed by atoms with Crippen molar-refractivity contribution < 1.29 is 13.2 Å². The minimum absolute atomic E-state index is 0. The monoisotopic (exact) mass is 369 g/mol. The van der Waals surface area contributed by atoms with Crippen molar-refractivity contribution in [3.8, 4) is 0 Å². The van der Waals surface area contributed by atoms with Crippen LogP contribution in [0.5, 0.6) is 0 Å². The molecule has 0 aromatic carbocycles. The van der Waals surface area contributed by atoms with Crippen LogP contribution < -0.4 is 11.1 Å². The van der Waals surface area contributed by atoms with Gasteiger partial charge in [0.1, 0.15) is 0 Å². The van der Waals surface area contributed by atoms with Gasteiger partial charge in [0.25, 0.3) is 0 Å². The molecule has 2 atom stereocenters. The Morgan fingerprint density at radius 3 is 2.50 bits per heavy atom. The zero-order chi connectivity index (χ0) is 14.8. The molecular weight excluding hydrogens is 349 g/mol. The zero-order valence-electron chi connectivity index (χ0n) is 12.2. The number of carbonyl (C=O) groups excluding carboxylic acids is 1. The molecule has 0 spiro atoms. The van der Waals surface area contributed by atoms with E-state index in [1.807, 2.05) is 0 Å². The molecule has 0 aliphatic heterocycles. The van der Waals surface area contributed by atoms with E-state index in [2.05, 4.69) is 10.3 Å². The number of carbonyl (C=O) groups is 1. The molecule has 1 fully saturated rings. The number of rotatable bonds is 3. The number of halogens is 2. The number of nitrogens with zero attached hydrogens (tertiary/aromatic N) is 1. The van der Waals surface area contributed by atoms with Gasteiger partial charge in [-0.3, -0.25) is 4.79 Å². The van der Waals surface area contributed by atoms with E-state index in [-0.39, 0.29) is 47.7 Å². The molecule has 1 aliphatic carbocycles. The average molecular weight is 370 g/mol. The summed E-state index contributed by atoms with van der Waals surface area (Å²) in [5.41, 5.74) is 6.37. The molecule has 9 heteroatoms. The van der Waals surface area contributed by atoms with Gasteiger partial charge in [0.15, 0.2) is 14.9 Å². The second-order valence-corrected chi connectivity index (χ2v) is 7.23. The summed E-state index contributed by atoms with van der Waals surface area (Å²) in [6.45, 7) is 0. The van der Waals surface area contributed by atoms with Crippen LogP contribution in [0.1, 0.15) is 25.7 Å². The van der Waals surface area contributed by atoms with Crippen LogP contribution in [-0.2, 0) is 14.6 Å². The molecule has 6 nitrogen and oxygen atoms in total. The van der Waals surface area contributed by atoms with Gasteiger partial charge in [-0.2, -0.15) is 0 Å². The summed E-state index contributed by atoms with van der Waals surface area (Å²) in [6, 6.07) is 3.02. The topological polar surface area (TPSA) is 102 Å². The summed E-state index contributed by atoms with van der Waals surface area (Å²) in [5.74, 6) is -0.151.